The molecule has 0 N–H and O–H groups in total. The van der Waals surface area contributed by atoms with Gasteiger partial charge in [0.1, 0.15) is 6.79 Å². The van der Waals surface area contributed by atoms with Gasteiger partial charge in [0.2, 0.25) is 11.8 Å². The molecule has 2 aliphatic heterocycles. The maximum absolute atomic E-state index is 11.9. The van der Waals surface area contributed by atoms with Crippen molar-refractivity contribution in [3.8, 4) is 0 Å². The van der Waals surface area contributed by atoms with Gasteiger partial charge in [0.25, 0.3) is 0 Å². The Kier molecular flexibility index (Phi) is 2.99. The van der Waals surface area contributed by atoms with E-state index in [1.807, 2.05) is 0 Å². The molecule has 0 unspecified atom stereocenters. The minimum atomic E-state index is -0.553. The first-order chi connectivity index (χ1) is 7.50. The number of carbonyl (C=O) groups is 2. The molecule has 5 heteroatoms. The van der Waals surface area contributed by atoms with Gasteiger partial charge in [0.05, 0.1) is 24.7 Å². The Morgan fingerprint density at radius 2 is 2.19 bits per heavy atom. The topological polar surface area (TPSA) is 55.8 Å². The third-order valence-electron chi connectivity index (χ3n) is 3.08. The summed E-state index contributed by atoms with van der Waals surface area (Å²) in [7, 11) is 0. The molecule has 5 nitrogen and oxygen atoms in total. The molecule has 0 spiro atoms. The van der Waals surface area contributed by atoms with Gasteiger partial charge < -0.3 is 9.47 Å². The van der Waals surface area contributed by atoms with Crippen molar-refractivity contribution in [1.29, 1.82) is 0 Å². The third kappa shape index (κ3) is 2.10. The number of ether oxygens (including phenoxy) is 2. The van der Waals surface area contributed by atoms with E-state index < -0.39 is 5.41 Å². The molecule has 16 heavy (non-hydrogen) atoms. The van der Waals surface area contributed by atoms with Crippen LogP contribution in [0.3, 0.4) is 0 Å². The summed E-state index contributed by atoms with van der Waals surface area (Å²) in [6.45, 7) is 4.86. The summed E-state index contributed by atoms with van der Waals surface area (Å²) in [5.41, 5.74) is -0.553. The minimum Gasteiger partial charge on any atom is -0.355 e. The van der Waals surface area contributed by atoms with Crippen molar-refractivity contribution in [3.63, 3.8) is 0 Å². The lowest BCUT2D eigenvalue weighted by Gasteiger charge is -2.27. The van der Waals surface area contributed by atoms with Crippen molar-refractivity contribution in [2.75, 3.05) is 19.9 Å². The van der Waals surface area contributed by atoms with Gasteiger partial charge in [-0.25, -0.2) is 0 Å². The summed E-state index contributed by atoms with van der Waals surface area (Å²) in [5, 5.41) is 0. The summed E-state index contributed by atoms with van der Waals surface area (Å²) in [4.78, 5) is 25.0. The van der Waals surface area contributed by atoms with Crippen LogP contribution in [0, 0.1) is 5.41 Å². The highest BCUT2D eigenvalue weighted by atomic mass is 16.7. The highest BCUT2D eigenvalue weighted by molar-refractivity contribution is 6.05. The predicted octanol–water partition coefficient (Wildman–Crippen LogP) is 0.534. The zero-order valence-corrected chi connectivity index (χ0v) is 9.69. The maximum Gasteiger partial charge on any atom is 0.235 e. The lowest BCUT2D eigenvalue weighted by Crippen LogP contribution is -2.41. The zero-order chi connectivity index (χ0) is 11.8. The molecule has 2 amide bonds. The van der Waals surface area contributed by atoms with E-state index in [0.29, 0.717) is 19.6 Å². The fraction of sp³-hybridized carbons (Fsp3) is 0.818. The van der Waals surface area contributed by atoms with Crippen LogP contribution in [0.5, 0.6) is 0 Å². The van der Waals surface area contributed by atoms with E-state index in [-0.39, 0.29) is 24.7 Å². The Bertz CT molecular complexity index is 307. The molecule has 0 radical (unpaired) electrons. The Labute approximate surface area is 94.7 Å². The molecule has 2 heterocycles. The molecule has 2 saturated heterocycles. The van der Waals surface area contributed by atoms with Gasteiger partial charge in [0, 0.05) is 6.42 Å². The van der Waals surface area contributed by atoms with Crippen molar-refractivity contribution >= 4 is 11.8 Å². The van der Waals surface area contributed by atoms with Crippen LogP contribution >= 0.6 is 0 Å². The average molecular weight is 227 g/mol. The predicted molar refractivity (Wildman–Crippen MR) is 55.4 cm³/mol. The van der Waals surface area contributed by atoms with Crippen LogP contribution in [0.4, 0.5) is 0 Å². The van der Waals surface area contributed by atoms with Crippen LogP contribution in [-0.2, 0) is 19.1 Å². The van der Waals surface area contributed by atoms with E-state index in [1.165, 1.54) is 4.90 Å². The molecule has 0 aromatic heterocycles. The Morgan fingerprint density at radius 1 is 1.44 bits per heavy atom. The largest absolute Gasteiger partial charge is 0.355 e. The fourth-order valence-corrected chi connectivity index (χ4v) is 2.06. The lowest BCUT2D eigenvalue weighted by molar-refractivity contribution is -0.158. The van der Waals surface area contributed by atoms with E-state index in [2.05, 4.69) is 0 Å². The summed E-state index contributed by atoms with van der Waals surface area (Å²) in [6.07, 6.45) is 0.961. The van der Waals surface area contributed by atoms with Gasteiger partial charge in [0.15, 0.2) is 0 Å². The Morgan fingerprint density at radius 3 is 2.69 bits per heavy atom. The first-order valence-corrected chi connectivity index (χ1v) is 5.55. The molecule has 0 saturated carbocycles. The lowest BCUT2D eigenvalue weighted by atomic mass is 9.92. The second kappa shape index (κ2) is 4.14. The monoisotopic (exact) mass is 227 g/mol. The van der Waals surface area contributed by atoms with E-state index in [4.69, 9.17) is 9.47 Å². The van der Waals surface area contributed by atoms with Crippen molar-refractivity contribution in [2.24, 2.45) is 5.41 Å². The Balaban J connectivity index is 1.99. The van der Waals surface area contributed by atoms with E-state index in [0.717, 1.165) is 6.42 Å². The normalized spacial score (nSPS) is 29.9. The number of hydrogen-bond acceptors (Lipinski definition) is 4. The van der Waals surface area contributed by atoms with Crippen LogP contribution in [0.2, 0.25) is 0 Å². The van der Waals surface area contributed by atoms with Crippen molar-refractivity contribution in [2.45, 2.75) is 32.8 Å². The quantitative estimate of drug-likeness (QED) is 0.646. The van der Waals surface area contributed by atoms with Crippen LogP contribution < -0.4 is 0 Å². The standard InChI is InChI=1S/C11H17NO4/c1-11(2)5-9(13)12(10(11)14)6-8-3-4-15-7-16-8/h8H,3-7H2,1-2H3/t8-/m1/s1. The smallest absolute Gasteiger partial charge is 0.235 e. The number of hydrogen-bond donors (Lipinski definition) is 0. The molecule has 90 valence electrons. The molecule has 2 aliphatic rings. The van der Waals surface area contributed by atoms with Crippen LogP contribution in [0.25, 0.3) is 0 Å². The number of amides is 2. The molecule has 0 bridgehead atoms. The van der Waals surface area contributed by atoms with Gasteiger partial charge >= 0.3 is 0 Å². The first kappa shape index (κ1) is 11.5. The number of rotatable bonds is 2. The van der Waals surface area contributed by atoms with Crippen LogP contribution in [0.1, 0.15) is 26.7 Å². The van der Waals surface area contributed by atoms with Gasteiger partial charge in [-0.05, 0) is 6.42 Å². The van der Waals surface area contributed by atoms with Gasteiger partial charge in [-0.1, -0.05) is 13.8 Å². The highest BCUT2D eigenvalue weighted by Crippen LogP contribution is 2.32. The number of carbonyl (C=O) groups excluding carboxylic acids is 2. The highest BCUT2D eigenvalue weighted by Gasteiger charge is 2.45. The second-order valence-corrected chi connectivity index (χ2v) is 4.97. The summed E-state index contributed by atoms with van der Waals surface area (Å²) in [6, 6.07) is 0. The third-order valence-corrected chi connectivity index (χ3v) is 3.08. The fourth-order valence-electron chi connectivity index (χ4n) is 2.06. The Hall–Kier alpha value is -0.940. The molecule has 0 aromatic rings. The first-order valence-electron chi connectivity index (χ1n) is 5.55. The molecular weight excluding hydrogens is 210 g/mol. The van der Waals surface area contributed by atoms with Crippen LogP contribution in [0.15, 0.2) is 0 Å². The molecule has 1 atom stereocenters. The van der Waals surface area contributed by atoms with Crippen molar-refractivity contribution in [1.82, 2.24) is 4.90 Å². The summed E-state index contributed by atoms with van der Waals surface area (Å²) < 4.78 is 10.4. The second-order valence-electron chi connectivity index (χ2n) is 4.97. The van der Waals surface area contributed by atoms with E-state index in [1.54, 1.807) is 13.8 Å². The average Bonchev–Trinajstić information content (AvgIpc) is 2.42. The molecule has 0 aliphatic carbocycles. The molecule has 2 rings (SSSR count). The summed E-state index contributed by atoms with van der Waals surface area (Å²) >= 11 is 0. The zero-order valence-electron chi connectivity index (χ0n) is 9.69. The maximum atomic E-state index is 11.9. The van der Waals surface area contributed by atoms with Gasteiger partial charge in [-0.2, -0.15) is 0 Å². The molecular formula is C11H17NO4. The molecule has 2 fully saturated rings. The van der Waals surface area contributed by atoms with E-state index >= 15 is 0 Å². The number of imide groups is 1. The van der Waals surface area contributed by atoms with Gasteiger partial charge in [-0.15, -0.1) is 0 Å². The van der Waals surface area contributed by atoms with Crippen molar-refractivity contribution < 1.29 is 19.1 Å². The number of likely N-dealkylation sites (tertiary alicyclic amines) is 1. The number of nitrogens with zero attached hydrogens (tertiary/aromatic N) is 1. The minimum absolute atomic E-state index is 0.0736. The summed E-state index contributed by atoms with van der Waals surface area (Å²) in [5.74, 6) is -0.183. The van der Waals surface area contributed by atoms with Gasteiger partial charge in [-0.3, -0.25) is 14.5 Å². The SMILES string of the molecule is CC1(C)CC(=O)N(C[C@H]2CCOCO2)C1=O. The van der Waals surface area contributed by atoms with Crippen LogP contribution in [-0.4, -0.2) is 42.8 Å². The van der Waals surface area contributed by atoms with Crippen molar-refractivity contribution in [3.05, 3.63) is 0 Å². The van der Waals surface area contributed by atoms with E-state index in [9.17, 15) is 9.59 Å². The molecule has 0 aromatic carbocycles.